The standard InChI is InChI=1S/C11H13BrF3NO/c1-17-6-2-5-16-8-3-4-10(12)9(7-8)11(13,14)15/h3-4,7,16H,2,5-6H2,1H3. The molecule has 1 aromatic rings. The first kappa shape index (κ1) is 14.3. The van der Waals surface area contributed by atoms with Crippen molar-refractivity contribution in [1.82, 2.24) is 0 Å². The molecule has 0 radical (unpaired) electrons. The van der Waals surface area contributed by atoms with Crippen molar-refractivity contribution < 1.29 is 17.9 Å². The number of rotatable bonds is 5. The zero-order valence-corrected chi connectivity index (χ0v) is 10.9. The van der Waals surface area contributed by atoms with E-state index in [0.717, 1.165) is 12.5 Å². The van der Waals surface area contributed by atoms with E-state index in [0.29, 0.717) is 18.8 Å². The molecule has 0 spiro atoms. The quantitative estimate of drug-likeness (QED) is 0.832. The van der Waals surface area contributed by atoms with Crippen LogP contribution < -0.4 is 5.32 Å². The molecule has 1 N–H and O–H groups in total. The maximum absolute atomic E-state index is 12.6. The largest absolute Gasteiger partial charge is 0.417 e. The van der Waals surface area contributed by atoms with Crippen molar-refractivity contribution in [3.63, 3.8) is 0 Å². The Bertz CT molecular complexity index is 368. The highest BCUT2D eigenvalue weighted by Gasteiger charge is 2.33. The molecule has 0 fully saturated rings. The summed E-state index contributed by atoms with van der Waals surface area (Å²) in [7, 11) is 1.58. The lowest BCUT2D eigenvalue weighted by Gasteiger charge is -2.12. The van der Waals surface area contributed by atoms with Crippen molar-refractivity contribution in [2.75, 3.05) is 25.6 Å². The van der Waals surface area contributed by atoms with Gasteiger partial charge in [-0.3, -0.25) is 0 Å². The highest BCUT2D eigenvalue weighted by molar-refractivity contribution is 9.10. The molecule has 0 aliphatic carbocycles. The third-order valence-corrected chi connectivity index (χ3v) is 2.82. The fourth-order valence-electron chi connectivity index (χ4n) is 1.30. The number of nitrogens with one attached hydrogen (secondary N) is 1. The Labute approximate surface area is 106 Å². The summed E-state index contributed by atoms with van der Waals surface area (Å²) in [6, 6.07) is 4.09. The van der Waals surface area contributed by atoms with E-state index in [1.165, 1.54) is 6.07 Å². The van der Waals surface area contributed by atoms with Gasteiger partial charge in [-0.05, 0) is 24.6 Å². The predicted octanol–water partition coefficient (Wildman–Crippen LogP) is 3.92. The summed E-state index contributed by atoms with van der Waals surface area (Å²) in [6.45, 7) is 1.16. The van der Waals surface area contributed by atoms with Crippen LogP contribution in [-0.4, -0.2) is 20.3 Å². The molecule has 2 nitrogen and oxygen atoms in total. The van der Waals surface area contributed by atoms with Crippen LogP contribution in [-0.2, 0) is 10.9 Å². The minimum Gasteiger partial charge on any atom is -0.385 e. The molecule has 0 saturated heterocycles. The number of alkyl halides is 3. The van der Waals surface area contributed by atoms with Crippen molar-refractivity contribution in [2.24, 2.45) is 0 Å². The van der Waals surface area contributed by atoms with Crippen LogP contribution in [0.15, 0.2) is 22.7 Å². The number of methoxy groups -OCH3 is 1. The minimum absolute atomic E-state index is 0.0486. The second-order valence-corrected chi connectivity index (χ2v) is 4.32. The van der Waals surface area contributed by atoms with Gasteiger partial charge in [0, 0.05) is 30.4 Å². The molecule has 0 aliphatic heterocycles. The summed E-state index contributed by atoms with van der Waals surface area (Å²) in [5, 5.41) is 2.92. The van der Waals surface area contributed by atoms with Crippen LogP contribution in [0.3, 0.4) is 0 Å². The predicted molar refractivity (Wildman–Crippen MR) is 64.1 cm³/mol. The second kappa shape index (κ2) is 6.26. The fourth-order valence-corrected chi connectivity index (χ4v) is 1.77. The molecule has 0 unspecified atom stereocenters. The smallest absolute Gasteiger partial charge is 0.385 e. The lowest BCUT2D eigenvalue weighted by Crippen LogP contribution is -2.09. The van der Waals surface area contributed by atoms with E-state index in [4.69, 9.17) is 4.74 Å². The van der Waals surface area contributed by atoms with Gasteiger partial charge >= 0.3 is 6.18 Å². The Morgan fingerprint density at radius 1 is 1.35 bits per heavy atom. The van der Waals surface area contributed by atoms with E-state index < -0.39 is 11.7 Å². The summed E-state index contributed by atoms with van der Waals surface area (Å²) in [5.74, 6) is 0. The molecule has 0 saturated carbocycles. The number of halogens is 4. The second-order valence-electron chi connectivity index (χ2n) is 3.47. The molecule has 0 heterocycles. The van der Waals surface area contributed by atoms with Crippen LogP contribution in [0.5, 0.6) is 0 Å². The van der Waals surface area contributed by atoms with Crippen LogP contribution in [0.2, 0.25) is 0 Å². The zero-order valence-electron chi connectivity index (χ0n) is 9.27. The Balaban J connectivity index is 2.69. The molecule has 0 bridgehead atoms. The zero-order chi connectivity index (χ0) is 12.9. The molecule has 17 heavy (non-hydrogen) atoms. The highest BCUT2D eigenvalue weighted by atomic mass is 79.9. The van der Waals surface area contributed by atoms with Gasteiger partial charge in [-0.15, -0.1) is 0 Å². The van der Waals surface area contributed by atoms with Crippen LogP contribution in [0.4, 0.5) is 18.9 Å². The van der Waals surface area contributed by atoms with Gasteiger partial charge in [0.2, 0.25) is 0 Å². The molecule has 96 valence electrons. The summed E-state index contributed by atoms with van der Waals surface area (Å²) >= 11 is 2.89. The molecule has 6 heteroatoms. The van der Waals surface area contributed by atoms with Crippen LogP contribution in [0.25, 0.3) is 0 Å². The summed E-state index contributed by atoms with van der Waals surface area (Å²) in [5.41, 5.74) is -0.217. The van der Waals surface area contributed by atoms with Crippen molar-refractivity contribution >= 4 is 21.6 Å². The Morgan fingerprint density at radius 2 is 2.06 bits per heavy atom. The van der Waals surface area contributed by atoms with E-state index in [-0.39, 0.29) is 4.47 Å². The van der Waals surface area contributed by atoms with E-state index >= 15 is 0 Å². The molecule has 1 rings (SSSR count). The van der Waals surface area contributed by atoms with E-state index in [1.807, 2.05) is 0 Å². The average Bonchev–Trinajstić information content (AvgIpc) is 2.25. The number of hydrogen-bond donors (Lipinski definition) is 1. The third kappa shape index (κ3) is 4.55. The molecule has 0 amide bonds. The average molecular weight is 312 g/mol. The molecular weight excluding hydrogens is 299 g/mol. The lowest BCUT2D eigenvalue weighted by molar-refractivity contribution is -0.138. The maximum atomic E-state index is 12.6. The molecule has 0 aromatic heterocycles. The van der Waals surface area contributed by atoms with Crippen molar-refractivity contribution in [2.45, 2.75) is 12.6 Å². The highest BCUT2D eigenvalue weighted by Crippen LogP contribution is 2.36. The summed E-state index contributed by atoms with van der Waals surface area (Å²) in [6.07, 6.45) is -3.60. The first-order chi connectivity index (χ1) is 7.95. The van der Waals surface area contributed by atoms with Crippen molar-refractivity contribution in [3.05, 3.63) is 28.2 Å². The molecule has 0 aliphatic rings. The first-order valence-electron chi connectivity index (χ1n) is 5.04. The monoisotopic (exact) mass is 311 g/mol. The van der Waals surface area contributed by atoms with Gasteiger partial charge < -0.3 is 10.1 Å². The Kier molecular flexibility index (Phi) is 5.27. The first-order valence-corrected chi connectivity index (χ1v) is 5.84. The van der Waals surface area contributed by atoms with Gasteiger partial charge in [-0.25, -0.2) is 0 Å². The summed E-state index contributed by atoms with van der Waals surface area (Å²) < 4.78 is 42.7. The van der Waals surface area contributed by atoms with E-state index in [2.05, 4.69) is 21.2 Å². The number of anilines is 1. The van der Waals surface area contributed by atoms with Crippen molar-refractivity contribution in [1.29, 1.82) is 0 Å². The van der Waals surface area contributed by atoms with Crippen LogP contribution in [0.1, 0.15) is 12.0 Å². The lowest BCUT2D eigenvalue weighted by atomic mass is 10.2. The third-order valence-electron chi connectivity index (χ3n) is 2.13. The van der Waals surface area contributed by atoms with Gasteiger partial charge in [-0.1, -0.05) is 15.9 Å². The summed E-state index contributed by atoms with van der Waals surface area (Å²) in [4.78, 5) is 0. The van der Waals surface area contributed by atoms with Gasteiger partial charge in [-0.2, -0.15) is 13.2 Å². The Morgan fingerprint density at radius 3 is 2.65 bits per heavy atom. The number of hydrogen-bond acceptors (Lipinski definition) is 2. The Hall–Kier alpha value is -0.750. The SMILES string of the molecule is COCCCNc1ccc(Br)c(C(F)(F)F)c1. The van der Waals surface area contributed by atoms with Crippen LogP contribution in [0, 0.1) is 0 Å². The number of benzene rings is 1. The van der Waals surface area contributed by atoms with E-state index in [1.54, 1.807) is 13.2 Å². The van der Waals surface area contributed by atoms with Gasteiger partial charge in [0.05, 0.1) is 5.56 Å². The van der Waals surface area contributed by atoms with Gasteiger partial charge in [0.15, 0.2) is 0 Å². The normalized spacial score (nSPS) is 11.6. The molecule has 1 aromatic carbocycles. The van der Waals surface area contributed by atoms with Gasteiger partial charge in [0.1, 0.15) is 0 Å². The van der Waals surface area contributed by atoms with E-state index in [9.17, 15) is 13.2 Å². The van der Waals surface area contributed by atoms with Crippen LogP contribution >= 0.6 is 15.9 Å². The molecular formula is C11H13BrF3NO. The van der Waals surface area contributed by atoms with Crippen molar-refractivity contribution in [3.8, 4) is 0 Å². The minimum atomic E-state index is -4.34. The number of ether oxygens (including phenoxy) is 1. The fraction of sp³-hybridized carbons (Fsp3) is 0.455. The topological polar surface area (TPSA) is 21.3 Å². The van der Waals surface area contributed by atoms with Gasteiger partial charge in [0.25, 0.3) is 0 Å². The maximum Gasteiger partial charge on any atom is 0.417 e. The molecule has 0 atom stereocenters.